The second kappa shape index (κ2) is 10.2. The van der Waals surface area contributed by atoms with Gasteiger partial charge in [-0.1, -0.05) is 36.4 Å². The smallest absolute Gasteiger partial charge is 0.270 e. The molecule has 5 rings (SSSR count). The molecule has 1 aromatic heterocycles. The first-order valence-corrected chi connectivity index (χ1v) is 13.3. The van der Waals surface area contributed by atoms with Crippen LogP contribution in [0.2, 0.25) is 0 Å². The van der Waals surface area contributed by atoms with E-state index >= 15 is 0 Å². The molecule has 0 aliphatic carbocycles. The Labute approximate surface area is 210 Å². The monoisotopic (exact) mass is 472 g/mol. The van der Waals surface area contributed by atoms with E-state index in [4.69, 9.17) is 0 Å². The van der Waals surface area contributed by atoms with Crippen molar-refractivity contribution in [3.8, 4) is 0 Å². The fourth-order valence-electron chi connectivity index (χ4n) is 6.22. The second-order valence-corrected chi connectivity index (χ2v) is 10.8. The number of benzene rings is 2. The van der Waals surface area contributed by atoms with Crippen molar-refractivity contribution in [2.45, 2.75) is 59.0 Å². The minimum Gasteiger partial charge on any atom is -0.350 e. The minimum absolute atomic E-state index is 0.157. The quantitative estimate of drug-likeness (QED) is 0.546. The van der Waals surface area contributed by atoms with E-state index in [1.807, 2.05) is 11.0 Å². The molecule has 3 aromatic rings. The summed E-state index contributed by atoms with van der Waals surface area (Å²) < 4.78 is 0. The van der Waals surface area contributed by atoms with Crippen LogP contribution in [0.4, 0.5) is 0 Å². The fourth-order valence-corrected chi connectivity index (χ4v) is 6.22. The van der Waals surface area contributed by atoms with Crippen LogP contribution in [-0.2, 0) is 6.54 Å². The molecule has 3 heterocycles. The normalized spacial score (nSPS) is 18.6. The number of likely N-dealkylation sites (tertiary alicyclic amines) is 1. The van der Waals surface area contributed by atoms with Crippen LogP contribution in [0.1, 0.15) is 65.3 Å². The lowest BCUT2D eigenvalue weighted by Crippen LogP contribution is -2.51. The number of fused-ring (bicyclic) bond motifs is 1. The number of rotatable bonds is 5. The van der Waals surface area contributed by atoms with Crippen molar-refractivity contribution in [3.05, 3.63) is 70.4 Å². The Morgan fingerprint density at radius 3 is 2.23 bits per heavy atom. The van der Waals surface area contributed by atoms with Gasteiger partial charge in [0.25, 0.3) is 5.91 Å². The molecule has 0 atom stereocenters. The lowest BCUT2D eigenvalue weighted by molar-refractivity contribution is 0.0588. The van der Waals surface area contributed by atoms with Gasteiger partial charge < -0.3 is 9.88 Å². The molecule has 5 heteroatoms. The first-order valence-electron chi connectivity index (χ1n) is 13.3. The molecule has 0 unspecified atom stereocenters. The van der Waals surface area contributed by atoms with Gasteiger partial charge in [-0.15, -0.1) is 0 Å². The molecule has 0 saturated carbocycles. The summed E-state index contributed by atoms with van der Waals surface area (Å²) in [5.41, 5.74) is 7.42. The summed E-state index contributed by atoms with van der Waals surface area (Å²) in [6.07, 6.45) is 2.35. The van der Waals surface area contributed by atoms with E-state index in [-0.39, 0.29) is 5.91 Å². The van der Waals surface area contributed by atoms with Gasteiger partial charge in [0.1, 0.15) is 5.69 Å². The van der Waals surface area contributed by atoms with Crippen molar-refractivity contribution in [2.75, 3.05) is 39.3 Å². The maximum absolute atomic E-state index is 13.7. The van der Waals surface area contributed by atoms with E-state index in [1.165, 1.54) is 34.9 Å². The van der Waals surface area contributed by atoms with E-state index in [9.17, 15) is 4.79 Å². The Kier molecular flexibility index (Phi) is 6.99. The van der Waals surface area contributed by atoms with E-state index in [1.54, 1.807) is 5.56 Å². The predicted octanol–water partition coefficient (Wildman–Crippen LogP) is 5.33. The fraction of sp³-hybridized carbons (Fsp3) is 0.500. The molecular weight excluding hydrogens is 432 g/mol. The molecule has 0 bridgehead atoms. The van der Waals surface area contributed by atoms with E-state index in [2.05, 4.69) is 78.9 Å². The lowest BCUT2D eigenvalue weighted by Gasteiger charge is -2.37. The third kappa shape index (κ3) is 4.89. The summed E-state index contributed by atoms with van der Waals surface area (Å²) in [7, 11) is 0. The van der Waals surface area contributed by atoms with Gasteiger partial charge >= 0.3 is 0 Å². The molecule has 35 heavy (non-hydrogen) atoms. The van der Waals surface area contributed by atoms with Crippen LogP contribution >= 0.6 is 0 Å². The van der Waals surface area contributed by atoms with Gasteiger partial charge in [0.05, 0.1) is 0 Å². The Hall–Kier alpha value is -2.63. The Morgan fingerprint density at radius 1 is 0.914 bits per heavy atom. The molecule has 1 N–H and O–H groups in total. The van der Waals surface area contributed by atoms with Crippen molar-refractivity contribution < 1.29 is 4.79 Å². The van der Waals surface area contributed by atoms with E-state index in [0.717, 1.165) is 57.0 Å². The van der Waals surface area contributed by atoms with Crippen LogP contribution in [0.5, 0.6) is 0 Å². The van der Waals surface area contributed by atoms with Crippen LogP contribution in [0.3, 0.4) is 0 Å². The first kappa shape index (κ1) is 24.1. The number of amides is 1. The molecule has 2 fully saturated rings. The number of nitrogens with one attached hydrogen (secondary N) is 1. The summed E-state index contributed by atoms with van der Waals surface area (Å²) in [6.45, 7) is 15.4. The van der Waals surface area contributed by atoms with E-state index < -0.39 is 0 Å². The van der Waals surface area contributed by atoms with Crippen molar-refractivity contribution in [3.63, 3.8) is 0 Å². The van der Waals surface area contributed by atoms with Crippen molar-refractivity contribution in [1.82, 2.24) is 19.7 Å². The second-order valence-electron chi connectivity index (χ2n) is 10.8. The van der Waals surface area contributed by atoms with Gasteiger partial charge in [-0.25, -0.2) is 0 Å². The molecule has 0 spiro atoms. The number of H-pyrrole nitrogens is 1. The Bertz CT molecular complexity index is 1160. The van der Waals surface area contributed by atoms with Crippen LogP contribution in [0.25, 0.3) is 10.9 Å². The number of aromatic nitrogens is 1. The van der Waals surface area contributed by atoms with Crippen LogP contribution in [0, 0.1) is 13.8 Å². The number of aromatic amines is 1. The zero-order chi connectivity index (χ0) is 24.5. The van der Waals surface area contributed by atoms with Crippen LogP contribution in [-0.4, -0.2) is 70.9 Å². The summed E-state index contributed by atoms with van der Waals surface area (Å²) >= 11 is 0. The minimum atomic E-state index is 0.157. The summed E-state index contributed by atoms with van der Waals surface area (Å²) in [4.78, 5) is 24.2. The Balaban J connectivity index is 1.33. The number of hydrogen-bond acceptors (Lipinski definition) is 3. The van der Waals surface area contributed by atoms with Gasteiger partial charge in [0.15, 0.2) is 0 Å². The number of hydrogen-bond donors (Lipinski definition) is 1. The summed E-state index contributed by atoms with van der Waals surface area (Å²) in [5.74, 6) is 0.791. The highest BCUT2D eigenvalue weighted by Gasteiger charge is 2.29. The third-order valence-electron chi connectivity index (χ3n) is 8.28. The van der Waals surface area contributed by atoms with Crippen molar-refractivity contribution in [2.24, 2.45) is 0 Å². The van der Waals surface area contributed by atoms with Crippen molar-refractivity contribution in [1.29, 1.82) is 0 Å². The molecule has 186 valence electrons. The summed E-state index contributed by atoms with van der Waals surface area (Å²) in [6, 6.07) is 15.6. The zero-order valence-electron chi connectivity index (χ0n) is 21.8. The maximum Gasteiger partial charge on any atom is 0.270 e. The highest BCUT2D eigenvalue weighted by Crippen LogP contribution is 2.34. The average Bonchev–Trinajstić information content (AvgIpc) is 3.23. The highest BCUT2D eigenvalue weighted by atomic mass is 16.2. The molecule has 2 aliphatic rings. The molecule has 2 saturated heterocycles. The molecule has 1 amide bonds. The lowest BCUT2D eigenvalue weighted by atomic mass is 9.84. The first-order chi connectivity index (χ1) is 16.9. The molecule has 0 radical (unpaired) electrons. The number of para-hydroxylation sites is 1. The standard InChI is InChI=1S/C30H40N4O/c1-21(2)33-16-18-34(19-17-33)30(35)29-26(25-10-5-6-11-27(25)31-29)20-32-14-12-24(13-15-32)28-22(3)8-7-9-23(28)4/h5-11,21,24,31H,12-20H2,1-4H3. The van der Waals surface area contributed by atoms with Gasteiger partial charge in [-0.2, -0.15) is 0 Å². The molecule has 5 nitrogen and oxygen atoms in total. The van der Waals surface area contributed by atoms with Gasteiger partial charge in [0, 0.05) is 55.2 Å². The molecular formula is C30H40N4O. The number of carbonyl (C=O) groups excluding carboxylic acids is 1. The zero-order valence-corrected chi connectivity index (χ0v) is 21.8. The molecule has 2 aliphatic heterocycles. The largest absolute Gasteiger partial charge is 0.350 e. The van der Waals surface area contributed by atoms with Gasteiger partial charge in [-0.3, -0.25) is 14.6 Å². The maximum atomic E-state index is 13.7. The summed E-state index contributed by atoms with van der Waals surface area (Å²) in [5, 5.41) is 1.19. The number of carbonyl (C=O) groups is 1. The van der Waals surface area contributed by atoms with Gasteiger partial charge in [0.2, 0.25) is 0 Å². The highest BCUT2D eigenvalue weighted by molar-refractivity contribution is 6.01. The van der Waals surface area contributed by atoms with E-state index in [0.29, 0.717) is 12.0 Å². The topological polar surface area (TPSA) is 42.6 Å². The van der Waals surface area contributed by atoms with Crippen LogP contribution in [0.15, 0.2) is 42.5 Å². The van der Waals surface area contributed by atoms with Gasteiger partial charge in [-0.05, 0) is 82.3 Å². The number of piperidine rings is 1. The number of aryl methyl sites for hydroxylation is 2. The third-order valence-corrected chi connectivity index (χ3v) is 8.28. The number of nitrogens with zero attached hydrogens (tertiary/aromatic N) is 3. The predicted molar refractivity (Wildman–Crippen MR) is 144 cm³/mol. The number of piperazine rings is 1. The van der Waals surface area contributed by atoms with Crippen molar-refractivity contribution >= 4 is 16.8 Å². The van der Waals surface area contributed by atoms with Crippen LogP contribution < -0.4 is 0 Å². The molecule has 2 aromatic carbocycles. The Morgan fingerprint density at radius 2 is 1.57 bits per heavy atom. The SMILES string of the molecule is Cc1cccc(C)c1C1CCN(Cc2c(C(=O)N3CCN(C(C)C)CC3)[nH]c3ccccc23)CC1. The average molecular weight is 473 g/mol.